The number of halogens is 3. The second-order valence-electron chi connectivity index (χ2n) is 8.78. The highest BCUT2D eigenvalue weighted by molar-refractivity contribution is 8.01. The Morgan fingerprint density at radius 2 is 1.75 bits per heavy atom. The van der Waals surface area contributed by atoms with Gasteiger partial charge < -0.3 is 14.5 Å². The van der Waals surface area contributed by atoms with Crippen molar-refractivity contribution in [3.8, 4) is 5.75 Å². The topological polar surface area (TPSA) is 49.9 Å². The third-order valence-electron chi connectivity index (χ3n) is 6.57. The maximum Gasteiger partial charge on any atom is 0.416 e. The molecule has 2 heterocycles. The number of amides is 2. The number of nitrogens with zero attached hydrogens (tertiary/aromatic N) is 2. The van der Waals surface area contributed by atoms with Crippen LogP contribution >= 0.6 is 11.8 Å². The van der Waals surface area contributed by atoms with Crippen LogP contribution in [-0.2, 0) is 22.4 Å². The molecule has 1 spiro atoms. The average molecular weight is 513 g/mol. The Kier molecular flexibility index (Phi) is 5.98. The predicted molar refractivity (Wildman–Crippen MR) is 132 cm³/mol. The summed E-state index contributed by atoms with van der Waals surface area (Å²) in [5.74, 6) is 0.563. The Bertz CT molecular complexity index is 1330. The molecule has 5 rings (SSSR count). The van der Waals surface area contributed by atoms with Gasteiger partial charge >= 0.3 is 6.18 Å². The number of benzene rings is 3. The number of methoxy groups -OCH3 is 1. The highest BCUT2D eigenvalue weighted by Gasteiger charge is 2.59. The largest absolute Gasteiger partial charge is 0.497 e. The summed E-state index contributed by atoms with van der Waals surface area (Å²) in [6, 6.07) is 17.3. The molecule has 1 atom stereocenters. The number of ether oxygens (including phenoxy) is 1. The number of anilines is 1. The minimum Gasteiger partial charge on any atom is -0.497 e. The van der Waals surface area contributed by atoms with E-state index in [1.165, 1.54) is 31.0 Å². The van der Waals surface area contributed by atoms with Crippen molar-refractivity contribution in [2.45, 2.75) is 24.5 Å². The highest BCUT2D eigenvalue weighted by atomic mass is 32.2. The SMILES string of the molecule is COc1ccc2c(c1)C1(SCCN1C(=O)c1ccc(C)cc1)C(=O)N2Cc1ccc(C(F)(F)F)cc1. The molecule has 5 nitrogen and oxygen atoms in total. The zero-order valence-corrected chi connectivity index (χ0v) is 20.4. The summed E-state index contributed by atoms with van der Waals surface area (Å²) in [5.41, 5.74) is 2.56. The first-order valence-corrected chi connectivity index (χ1v) is 12.3. The van der Waals surface area contributed by atoms with Crippen LogP contribution in [0.2, 0.25) is 0 Å². The minimum absolute atomic E-state index is 0.0746. The Balaban J connectivity index is 1.55. The number of thioether (sulfide) groups is 1. The van der Waals surface area contributed by atoms with Crippen molar-refractivity contribution in [2.24, 2.45) is 0 Å². The Morgan fingerprint density at radius 1 is 1.06 bits per heavy atom. The van der Waals surface area contributed by atoms with Crippen LogP contribution in [0.25, 0.3) is 0 Å². The second kappa shape index (κ2) is 8.89. The van der Waals surface area contributed by atoms with Crippen LogP contribution in [0.15, 0.2) is 66.7 Å². The van der Waals surface area contributed by atoms with Crippen LogP contribution in [0.1, 0.15) is 32.6 Å². The van der Waals surface area contributed by atoms with E-state index < -0.39 is 16.6 Å². The lowest BCUT2D eigenvalue weighted by Crippen LogP contribution is -2.50. The average Bonchev–Trinajstić information content (AvgIpc) is 3.40. The van der Waals surface area contributed by atoms with Gasteiger partial charge in [0.2, 0.25) is 0 Å². The number of carbonyl (C=O) groups is 2. The van der Waals surface area contributed by atoms with Crippen LogP contribution in [0, 0.1) is 6.92 Å². The van der Waals surface area contributed by atoms with E-state index in [0.29, 0.717) is 40.4 Å². The van der Waals surface area contributed by atoms with Gasteiger partial charge in [-0.3, -0.25) is 9.59 Å². The minimum atomic E-state index is -4.44. The fourth-order valence-electron chi connectivity index (χ4n) is 4.71. The summed E-state index contributed by atoms with van der Waals surface area (Å²) in [5, 5.41) is 0. The van der Waals surface area contributed by atoms with Crippen molar-refractivity contribution in [3.05, 3.63) is 94.5 Å². The molecule has 1 fully saturated rings. The maximum atomic E-state index is 14.1. The number of fused-ring (bicyclic) bond motifs is 2. The predicted octanol–water partition coefficient (Wildman–Crippen LogP) is 5.61. The first-order valence-electron chi connectivity index (χ1n) is 11.3. The van der Waals surface area contributed by atoms with E-state index in [1.54, 1.807) is 40.1 Å². The molecule has 0 aromatic heterocycles. The second-order valence-corrected chi connectivity index (χ2v) is 10.1. The van der Waals surface area contributed by atoms with Crippen LogP contribution in [0.3, 0.4) is 0 Å². The number of hydrogen-bond donors (Lipinski definition) is 0. The van der Waals surface area contributed by atoms with Gasteiger partial charge in [0.05, 0.1) is 24.9 Å². The molecule has 0 aliphatic carbocycles. The van der Waals surface area contributed by atoms with E-state index >= 15 is 0 Å². The molecule has 9 heteroatoms. The number of carbonyl (C=O) groups excluding carboxylic acids is 2. The van der Waals surface area contributed by atoms with Crippen molar-refractivity contribution in [3.63, 3.8) is 0 Å². The molecule has 2 aliphatic heterocycles. The van der Waals surface area contributed by atoms with E-state index in [9.17, 15) is 22.8 Å². The lowest BCUT2D eigenvalue weighted by atomic mass is 10.0. The molecule has 3 aromatic carbocycles. The lowest BCUT2D eigenvalue weighted by molar-refractivity contribution is -0.137. The summed E-state index contributed by atoms with van der Waals surface area (Å²) in [4.78, 5) is 29.6. The first kappa shape index (κ1) is 24.2. The summed E-state index contributed by atoms with van der Waals surface area (Å²) in [7, 11) is 1.53. The molecule has 1 saturated heterocycles. The van der Waals surface area contributed by atoms with E-state index in [2.05, 4.69) is 0 Å². The third kappa shape index (κ3) is 3.91. The molecule has 186 valence electrons. The van der Waals surface area contributed by atoms with Crippen LogP contribution in [0.4, 0.5) is 18.9 Å². The van der Waals surface area contributed by atoms with Crippen LogP contribution < -0.4 is 9.64 Å². The van der Waals surface area contributed by atoms with Crippen molar-refractivity contribution < 1.29 is 27.5 Å². The molecule has 1 unspecified atom stereocenters. The monoisotopic (exact) mass is 512 g/mol. The van der Waals surface area contributed by atoms with Crippen molar-refractivity contribution in [1.82, 2.24) is 4.90 Å². The first-order chi connectivity index (χ1) is 17.1. The summed E-state index contributed by atoms with van der Waals surface area (Å²) in [6.45, 7) is 2.39. The van der Waals surface area contributed by atoms with Gasteiger partial charge in [0, 0.05) is 23.4 Å². The van der Waals surface area contributed by atoms with Crippen LogP contribution in [-0.4, -0.2) is 36.1 Å². The number of aryl methyl sites for hydroxylation is 1. The quantitative estimate of drug-likeness (QED) is 0.456. The van der Waals surface area contributed by atoms with E-state index in [0.717, 1.165) is 17.7 Å². The van der Waals surface area contributed by atoms with Crippen LogP contribution in [0.5, 0.6) is 5.75 Å². The summed E-state index contributed by atoms with van der Waals surface area (Å²) in [6.07, 6.45) is -4.44. The maximum absolute atomic E-state index is 14.1. The number of alkyl halides is 3. The smallest absolute Gasteiger partial charge is 0.416 e. The molecule has 0 bridgehead atoms. The normalized spacial score (nSPS) is 19.2. The molecule has 2 amide bonds. The van der Waals surface area contributed by atoms with E-state index in [1.807, 2.05) is 19.1 Å². The molecule has 36 heavy (non-hydrogen) atoms. The Morgan fingerprint density at radius 3 is 2.39 bits per heavy atom. The Hall–Kier alpha value is -3.46. The number of rotatable bonds is 4. The molecule has 0 radical (unpaired) electrons. The summed E-state index contributed by atoms with van der Waals surface area (Å²) < 4.78 is 44.5. The zero-order valence-electron chi connectivity index (χ0n) is 19.6. The molecular weight excluding hydrogens is 489 g/mol. The molecular formula is C27H23F3N2O3S. The standard InChI is InChI=1S/C27H23F3N2O3S/c1-17-3-7-19(8-4-17)24(33)32-13-14-36-26(32)22-15-21(35-2)11-12-23(22)31(25(26)34)16-18-5-9-20(10-6-18)27(28,29)30/h3-12,15H,13-14,16H2,1-2H3. The molecule has 0 N–H and O–H groups in total. The van der Waals surface area contributed by atoms with Gasteiger partial charge in [-0.05, 0) is 55.0 Å². The fraction of sp³-hybridized carbons (Fsp3) is 0.259. The van der Waals surface area contributed by atoms with Gasteiger partial charge in [-0.1, -0.05) is 29.8 Å². The fourth-order valence-corrected chi connectivity index (χ4v) is 6.16. The van der Waals surface area contributed by atoms with Gasteiger partial charge in [-0.2, -0.15) is 13.2 Å². The van der Waals surface area contributed by atoms with Crippen molar-refractivity contribution in [1.29, 1.82) is 0 Å². The van der Waals surface area contributed by atoms with Crippen molar-refractivity contribution >= 4 is 29.3 Å². The molecule has 0 saturated carbocycles. The van der Waals surface area contributed by atoms with Gasteiger partial charge in [0.15, 0.2) is 4.87 Å². The van der Waals surface area contributed by atoms with Gasteiger partial charge in [-0.25, -0.2) is 0 Å². The molecule has 2 aliphatic rings. The molecule has 3 aromatic rings. The van der Waals surface area contributed by atoms with Crippen molar-refractivity contribution in [2.75, 3.05) is 24.3 Å². The third-order valence-corrected chi connectivity index (χ3v) is 7.99. The Labute approximate surface area is 210 Å². The van der Waals surface area contributed by atoms with Gasteiger partial charge in [0.1, 0.15) is 5.75 Å². The van der Waals surface area contributed by atoms with Gasteiger partial charge in [0.25, 0.3) is 11.8 Å². The zero-order chi connectivity index (χ0) is 25.7. The van der Waals surface area contributed by atoms with Gasteiger partial charge in [-0.15, -0.1) is 11.8 Å². The number of hydrogen-bond acceptors (Lipinski definition) is 4. The lowest BCUT2D eigenvalue weighted by Gasteiger charge is -2.33. The highest BCUT2D eigenvalue weighted by Crippen LogP contribution is 2.55. The van der Waals surface area contributed by atoms with E-state index in [-0.39, 0.29) is 18.4 Å². The summed E-state index contributed by atoms with van der Waals surface area (Å²) >= 11 is 1.39. The van der Waals surface area contributed by atoms with E-state index in [4.69, 9.17) is 4.74 Å².